The molecule has 0 rings (SSSR count). The van der Waals surface area contributed by atoms with Crippen LogP contribution >= 0.6 is 11.8 Å². The number of hydrogen-bond donors (Lipinski definition) is 2. The molecule has 2 N–H and O–H groups in total. The van der Waals surface area contributed by atoms with Gasteiger partial charge in [0.1, 0.15) is 0 Å². The number of thioether (sulfide) groups is 1. The van der Waals surface area contributed by atoms with Crippen molar-refractivity contribution in [1.82, 2.24) is 5.43 Å². The molecule has 0 atom stereocenters. The van der Waals surface area contributed by atoms with Crippen LogP contribution in [0.2, 0.25) is 0 Å². The molecule has 0 spiro atoms. The van der Waals surface area contributed by atoms with E-state index in [9.17, 15) is 0 Å². The molecule has 0 saturated heterocycles. The van der Waals surface area contributed by atoms with Crippen molar-refractivity contribution in [2.24, 2.45) is 5.10 Å². The first-order valence-electron chi connectivity index (χ1n) is 3.06. The van der Waals surface area contributed by atoms with E-state index in [1.807, 2.05) is 27.2 Å². The Morgan fingerprint density at radius 1 is 1.50 bits per heavy atom. The molecule has 0 saturated carbocycles. The standard InChI is InChI=1S/C6H13N3S/c1-5(2)8-9-6(7-3)10-4/h1-4H3,(H,7,9)/p+1. The molecule has 0 heterocycles. The molecule has 0 fully saturated rings. The van der Waals surface area contributed by atoms with E-state index < -0.39 is 0 Å². The summed E-state index contributed by atoms with van der Waals surface area (Å²) >= 11 is 1.60. The molecule has 0 amide bonds. The fourth-order valence-corrected chi connectivity index (χ4v) is 0.707. The average molecular weight is 160 g/mol. The van der Waals surface area contributed by atoms with Gasteiger partial charge in [0.15, 0.2) is 0 Å². The predicted molar refractivity (Wildman–Crippen MR) is 47.3 cm³/mol. The molecule has 0 aromatic rings. The third-order valence-electron chi connectivity index (χ3n) is 0.812. The normalized spacial score (nSPS) is 11.0. The van der Waals surface area contributed by atoms with E-state index in [1.54, 1.807) is 11.8 Å². The highest BCUT2D eigenvalue weighted by atomic mass is 32.2. The zero-order valence-electron chi connectivity index (χ0n) is 6.86. The summed E-state index contributed by atoms with van der Waals surface area (Å²) in [6, 6.07) is 0. The van der Waals surface area contributed by atoms with Crippen molar-refractivity contribution in [3.63, 3.8) is 0 Å². The van der Waals surface area contributed by atoms with Gasteiger partial charge in [-0.2, -0.15) is 0 Å². The van der Waals surface area contributed by atoms with Gasteiger partial charge >= 0.3 is 5.17 Å². The molecule has 0 aliphatic carbocycles. The topological polar surface area (TPSA) is 38.4 Å². The van der Waals surface area contributed by atoms with Gasteiger partial charge in [0.2, 0.25) is 0 Å². The monoisotopic (exact) mass is 160 g/mol. The van der Waals surface area contributed by atoms with Crippen LogP contribution in [-0.4, -0.2) is 24.2 Å². The largest absolute Gasteiger partial charge is 0.328 e. The first-order valence-corrected chi connectivity index (χ1v) is 4.28. The zero-order chi connectivity index (χ0) is 7.98. The van der Waals surface area contributed by atoms with Crippen LogP contribution in [0.25, 0.3) is 0 Å². The Labute approximate surface area is 66.0 Å². The van der Waals surface area contributed by atoms with Crippen LogP contribution in [0.5, 0.6) is 0 Å². The summed E-state index contributed by atoms with van der Waals surface area (Å²) in [7, 11) is 1.86. The van der Waals surface area contributed by atoms with Crippen LogP contribution in [0.3, 0.4) is 0 Å². The average Bonchev–Trinajstić information content (AvgIpc) is 1.90. The van der Waals surface area contributed by atoms with Crippen LogP contribution in [0.1, 0.15) is 13.8 Å². The summed E-state index contributed by atoms with van der Waals surface area (Å²) in [6.07, 6.45) is 1.99. The smallest absolute Gasteiger partial charge is 0.270 e. The molecular weight excluding hydrogens is 146 g/mol. The van der Waals surface area contributed by atoms with E-state index in [-0.39, 0.29) is 0 Å². The Kier molecular flexibility index (Phi) is 5.02. The van der Waals surface area contributed by atoms with E-state index in [0.717, 1.165) is 10.9 Å². The van der Waals surface area contributed by atoms with Crippen LogP contribution in [0.4, 0.5) is 0 Å². The fraction of sp³-hybridized carbons (Fsp3) is 0.667. The highest BCUT2D eigenvalue weighted by molar-refractivity contribution is 8.12. The molecule has 0 radical (unpaired) electrons. The molecular formula is C6H14N3S+. The van der Waals surface area contributed by atoms with Crippen LogP contribution < -0.4 is 10.4 Å². The molecule has 0 aliphatic rings. The number of amidine groups is 1. The van der Waals surface area contributed by atoms with Gasteiger partial charge in [0, 0.05) is 0 Å². The first kappa shape index (κ1) is 9.49. The SMILES string of the molecule is C[NH+]=C(NN=C(C)C)SC. The molecule has 0 unspecified atom stereocenters. The van der Waals surface area contributed by atoms with Crippen molar-refractivity contribution in [2.75, 3.05) is 13.3 Å². The van der Waals surface area contributed by atoms with Gasteiger partial charge in [0.05, 0.1) is 12.8 Å². The van der Waals surface area contributed by atoms with Gasteiger partial charge in [-0.05, 0) is 31.9 Å². The summed E-state index contributed by atoms with van der Waals surface area (Å²) < 4.78 is 0. The second-order valence-corrected chi connectivity index (χ2v) is 2.77. The summed E-state index contributed by atoms with van der Waals surface area (Å²) in [6.45, 7) is 3.89. The van der Waals surface area contributed by atoms with Crippen molar-refractivity contribution < 1.29 is 4.99 Å². The molecule has 0 aromatic heterocycles. The second-order valence-electron chi connectivity index (χ2n) is 1.95. The Balaban J connectivity index is 3.78. The van der Waals surface area contributed by atoms with Gasteiger partial charge in [-0.1, -0.05) is 5.10 Å². The lowest BCUT2D eigenvalue weighted by Crippen LogP contribution is -2.69. The van der Waals surface area contributed by atoms with E-state index >= 15 is 0 Å². The lowest BCUT2D eigenvalue weighted by Gasteiger charge is -1.90. The van der Waals surface area contributed by atoms with Crippen molar-refractivity contribution in [3.05, 3.63) is 0 Å². The molecule has 0 aliphatic heterocycles. The minimum absolute atomic E-state index is 0.959. The lowest BCUT2D eigenvalue weighted by molar-refractivity contribution is -0.418. The van der Waals surface area contributed by atoms with E-state index in [1.165, 1.54) is 0 Å². The Morgan fingerprint density at radius 2 is 2.10 bits per heavy atom. The van der Waals surface area contributed by atoms with Gasteiger partial charge in [-0.25, -0.2) is 0 Å². The number of rotatable bonds is 1. The maximum atomic E-state index is 4.01. The maximum absolute atomic E-state index is 4.01. The van der Waals surface area contributed by atoms with Crippen LogP contribution in [-0.2, 0) is 0 Å². The third-order valence-corrected chi connectivity index (χ3v) is 1.52. The van der Waals surface area contributed by atoms with Crippen molar-refractivity contribution >= 4 is 22.6 Å². The lowest BCUT2D eigenvalue weighted by atomic mass is 10.5. The van der Waals surface area contributed by atoms with E-state index in [0.29, 0.717) is 0 Å². The first-order chi connectivity index (χ1) is 4.70. The third kappa shape index (κ3) is 4.38. The number of nitrogens with one attached hydrogen (secondary N) is 2. The molecule has 0 aromatic carbocycles. The minimum atomic E-state index is 0.959. The van der Waals surface area contributed by atoms with Crippen LogP contribution in [0, 0.1) is 0 Å². The number of nitrogens with zero attached hydrogens (tertiary/aromatic N) is 1. The van der Waals surface area contributed by atoms with E-state index in [2.05, 4.69) is 15.5 Å². The van der Waals surface area contributed by atoms with Crippen molar-refractivity contribution in [2.45, 2.75) is 13.8 Å². The molecule has 0 bridgehead atoms. The summed E-state index contributed by atoms with van der Waals surface area (Å²) in [5, 5.41) is 4.97. The number of hydrazone groups is 1. The van der Waals surface area contributed by atoms with Gasteiger partial charge in [0.25, 0.3) is 0 Å². The van der Waals surface area contributed by atoms with Crippen molar-refractivity contribution in [3.8, 4) is 0 Å². The molecule has 4 heteroatoms. The highest BCUT2D eigenvalue weighted by Crippen LogP contribution is 1.86. The zero-order valence-corrected chi connectivity index (χ0v) is 7.67. The quantitative estimate of drug-likeness (QED) is 0.305. The molecule has 3 nitrogen and oxygen atoms in total. The minimum Gasteiger partial charge on any atom is -0.270 e. The summed E-state index contributed by atoms with van der Waals surface area (Å²) in [4.78, 5) is 2.97. The van der Waals surface area contributed by atoms with E-state index in [4.69, 9.17) is 0 Å². The molecule has 10 heavy (non-hydrogen) atoms. The number of hydrogen-bond acceptors (Lipinski definition) is 2. The fourth-order valence-electron chi connectivity index (χ4n) is 0.366. The highest BCUT2D eigenvalue weighted by Gasteiger charge is 1.98. The Bertz CT molecular complexity index is 147. The summed E-state index contributed by atoms with van der Waals surface area (Å²) in [5.74, 6) is 0. The second kappa shape index (κ2) is 5.29. The Morgan fingerprint density at radius 3 is 2.40 bits per heavy atom. The Hall–Kier alpha value is -0.510. The van der Waals surface area contributed by atoms with Crippen molar-refractivity contribution in [1.29, 1.82) is 0 Å². The van der Waals surface area contributed by atoms with Gasteiger partial charge in [-0.3, -0.25) is 4.99 Å². The molecule has 58 valence electrons. The van der Waals surface area contributed by atoms with Crippen LogP contribution in [0.15, 0.2) is 5.10 Å². The maximum Gasteiger partial charge on any atom is 0.328 e. The van der Waals surface area contributed by atoms with Gasteiger partial charge < -0.3 is 0 Å². The van der Waals surface area contributed by atoms with Gasteiger partial charge in [-0.15, -0.1) is 5.43 Å². The predicted octanol–water partition coefficient (Wildman–Crippen LogP) is -0.599. The summed E-state index contributed by atoms with van der Waals surface area (Å²) in [5.41, 5.74) is 3.89.